The quantitative estimate of drug-likeness (QED) is 0.781. The molecule has 0 spiro atoms. The third-order valence-electron chi connectivity index (χ3n) is 3.80. The molecule has 0 bridgehead atoms. The van der Waals surface area contributed by atoms with Gasteiger partial charge in [0.15, 0.2) is 0 Å². The highest BCUT2D eigenvalue weighted by Gasteiger charge is 2.07. The maximum Gasteiger partial charge on any atom is 0.0722 e. The Balaban J connectivity index is 1.87. The molecular weight excluding hydrogens is 262 g/mol. The second kappa shape index (κ2) is 5.69. The molecule has 2 aromatic heterocycles. The van der Waals surface area contributed by atoms with Gasteiger partial charge in [0, 0.05) is 23.6 Å². The molecule has 1 N–H and O–H groups in total. The summed E-state index contributed by atoms with van der Waals surface area (Å²) in [4.78, 5) is 5.57. The molecule has 0 saturated heterocycles. The Morgan fingerprint density at radius 3 is 2.86 bits per heavy atom. The number of nitrogens with zero attached hydrogens (tertiary/aromatic N) is 4. The van der Waals surface area contributed by atoms with Crippen LogP contribution in [-0.2, 0) is 13.0 Å². The first-order valence-electron chi connectivity index (χ1n) is 7.22. The number of aryl methyl sites for hydroxylation is 1. The van der Waals surface area contributed by atoms with Gasteiger partial charge in [-0.3, -0.25) is 0 Å². The molecule has 0 aliphatic heterocycles. The standard InChI is InChI=1S/C16H21N5/c1-12-9-18-19-21(12)11-13-4-5-16-15(8-13)14(10-17-16)6-7-20(2)3/h4-5,8-10,17H,6-7,11H2,1-3H3. The predicted molar refractivity (Wildman–Crippen MR) is 84.4 cm³/mol. The molecule has 0 saturated carbocycles. The lowest BCUT2D eigenvalue weighted by atomic mass is 10.1. The van der Waals surface area contributed by atoms with Crippen LogP contribution in [0.15, 0.2) is 30.6 Å². The Morgan fingerprint density at radius 2 is 2.14 bits per heavy atom. The number of aromatic nitrogens is 4. The fourth-order valence-electron chi connectivity index (χ4n) is 2.51. The summed E-state index contributed by atoms with van der Waals surface area (Å²) in [5.41, 5.74) is 4.90. The highest BCUT2D eigenvalue weighted by atomic mass is 15.4. The van der Waals surface area contributed by atoms with Crippen LogP contribution in [0, 0.1) is 6.92 Å². The van der Waals surface area contributed by atoms with E-state index in [9.17, 15) is 0 Å². The maximum atomic E-state index is 4.11. The molecule has 5 nitrogen and oxygen atoms in total. The van der Waals surface area contributed by atoms with E-state index in [0.717, 1.165) is 25.2 Å². The summed E-state index contributed by atoms with van der Waals surface area (Å²) in [7, 11) is 4.21. The molecule has 3 aromatic rings. The van der Waals surface area contributed by atoms with E-state index in [1.165, 1.54) is 22.0 Å². The number of nitrogens with one attached hydrogen (secondary N) is 1. The molecular formula is C16H21N5. The van der Waals surface area contributed by atoms with Gasteiger partial charge < -0.3 is 9.88 Å². The Morgan fingerprint density at radius 1 is 1.29 bits per heavy atom. The largest absolute Gasteiger partial charge is 0.361 e. The minimum absolute atomic E-state index is 0.764. The summed E-state index contributed by atoms with van der Waals surface area (Å²) in [5, 5.41) is 9.36. The second-order valence-electron chi connectivity index (χ2n) is 5.78. The van der Waals surface area contributed by atoms with Gasteiger partial charge in [-0.2, -0.15) is 0 Å². The van der Waals surface area contributed by atoms with Gasteiger partial charge in [0.2, 0.25) is 0 Å². The van der Waals surface area contributed by atoms with Crippen molar-refractivity contribution in [2.75, 3.05) is 20.6 Å². The maximum absolute atomic E-state index is 4.11. The van der Waals surface area contributed by atoms with Gasteiger partial charge in [0.05, 0.1) is 18.4 Å². The van der Waals surface area contributed by atoms with Crippen LogP contribution in [0.5, 0.6) is 0 Å². The van der Waals surface area contributed by atoms with E-state index in [0.29, 0.717) is 0 Å². The van der Waals surface area contributed by atoms with Crippen LogP contribution in [0.25, 0.3) is 10.9 Å². The summed E-state index contributed by atoms with van der Waals surface area (Å²) in [6.45, 7) is 3.84. The first kappa shape index (κ1) is 13.8. The lowest BCUT2D eigenvalue weighted by Gasteiger charge is -2.09. The number of aromatic amines is 1. The minimum atomic E-state index is 0.764. The van der Waals surface area contributed by atoms with Crippen LogP contribution in [-0.4, -0.2) is 45.5 Å². The molecule has 0 radical (unpaired) electrons. The van der Waals surface area contributed by atoms with Crippen LogP contribution in [0.2, 0.25) is 0 Å². The summed E-state index contributed by atoms with van der Waals surface area (Å²) in [5.74, 6) is 0. The van der Waals surface area contributed by atoms with E-state index in [1.54, 1.807) is 6.20 Å². The highest BCUT2D eigenvalue weighted by molar-refractivity contribution is 5.83. The Hall–Kier alpha value is -2.14. The predicted octanol–water partition coefficient (Wildman–Crippen LogP) is 2.22. The molecule has 0 unspecified atom stereocenters. The summed E-state index contributed by atoms with van der Waals surface area (Å²) in [6, 6.07) is 6.56. The lowest BCUT2D eigenvalue weighted by molar-refractivity contribution is 0.414. The SMILES string of the molecule is Cc1cnnn1Cc1ccc2[nH]cc(CCN(C)C)c2c1. The van der Waals surface area contributed by atoms with E-state index in [2.05, 4.69) is 58.7 Å². The molecule has 110 valence electrons. The first-order chi connectivity index (χ1) is 10.1. The normalized spacial score (nSPS) is 11.6. The fraction of sp³-hybridized carbons (Fsp3) is 0.375. The van der Waals surface area contributed by atoms with Crippen molar-refractivity contribution >= 4 is 10.9 Å². The van der Waals surface area contributed by atoms with Gasteiger partial charge >= 0.3 is 0 Å². The highest BCUT2D eigenvalue weighted by Crippen LogP contribution is 2.21. The molecule has 3 rings (SSSR count). The van der Waals surface area contributed by atoms with E-state index < -0.39 is 0 Å². The van der Waals surface area contributed by atoms with Gasteiger partial charge in [0.1, 0.15) is 0 Å². The fourth-order valence-corrected chi connectivity index (χ4v) is 2.51. The molecule has 5 heteroatoms. The molecule has 0 aliphatic rings. The minimum Gasteiger partial charge on any atom is -0.361 e. The van der Waals surface area contributed by atoms with Gasteiger partial charge in [-0.05, 0) is 50.7 Å². The number of H-pyrrole nitrogens is 1. The summed E-state index contributed by atoms with van der Waals surface area (Å²) >= 11 is 0. The van der Waals surface area contributed by atoms with Crippen LogP contribution in [0.4, 0.5) is 0 Å². The summed E-state index contributed by atoms with van der Waals surface area (Å²) < 4.78 is 1.92. The molecule has 0 amide bonds. The van der Waals surface area contributed by atoms with E-state index in [4.69, 9.17) is 0 Å². The van der Waals surface area contributed by atoms with Crippen molar-refractivity contribution in [1.29, 1.82) is 0 Å². The Kier molecular flexibility index (Phi) is 3.75. The van der Waals surface area contributed by atoms with Gasteiger partial charge in [-0.25, -0.2) is 4.68 Å². The second-order valence-corrected chi connectivity index (χ2v) is 5.78. The van der Waals surface area contributed by atoms with Crippen LogP contribution in [0.1, 0.15) is 16.8 Å². The van der Waals surface area contributed by atoms with Crippen molar-refractivity contribution in [1.82, 2.24) is 24.9 Å². The van der Waals surface area contributed by atoms with Crippen molar-refractivity contribution in [3.63, 3.8) is 0 Å². The zero-order valence-electron chi connectivity index (χ0n) is 12.8. The smallest absolute Gasteiger partial charge is 0.0722 e. The van der Waals surface area contributed by atoms with E-state index >= 15 is 0 Å². The van der Waals surface area contributed by atoms with Crippen LogP contribution >= 0.6 is 0 Å². The van der Waals surface area contributed by atoms with Gasteiger partial charge in [-0.1, -0.05) is 11.3 Å². The van der Waals surface area contributed by atoms with Crippen molar-refractivity contribution < 1.29 is 0 Å². The molecule has 0 fully saturated rings. The first-order valence-corrected chi connectivity index (χ1v) is 7.22. The van der Waals surface area contributed by atoms with Crippen molar-refractivity contribution in [3.8, 4) is 0 Å². The molecule has 0 aliphatic carbocycles. The molecule has 21 heavy (non-hydrogen) atoms. The van der Waals surface area contributed by atoms with Crippen molar-refractivity contribution in [2.24, 2.45) is 0 Å². The Labute approximate surface area is 124 Å². The number of hydrogen-bond donors (Lipinski definition) is 1. The van der Waals surface area contributed by atoms with Crippen LogP contribution < -0.4 is 0 Å². The Bertz CT molecular complexity index is 738. The van der Waals surface area contributed by atoms with Crippen LogP contribution in [0.3, 0.4) is 0 Å². The van der Waals surface area contributed by atoms with Gasteiger partial charge in [-0.15, -0.1) is 5.10 Å². The third-order valence-corrected chi connectivity index (χ3v) is 3.80. The molecule has 2 heterocycles. The third kappa shape index (κ3) is 2.97. The van der Waals surface area contributed by atoms with E-state index in [-0.39, 0.29) is 0 Å². The topological polar surface area (TPSA) is 49.7 Å². The number of likely N-dealkylation sites (N-methyl/N-ethyl adjacent to an activating group) is 1. The number of rotatable bonds is 5. The molecule has 1 aromatic carbocycles. The van der Waals surface area contributed by atoms with E-state index in [1.807, 2.05) is 11.6 Å². The van der Waals surface area contributed by atoms with Gasteiger partial charge in [0.25, 0.3) is 0 Å². The monoisotopic (exact) mass is 283 g/mol. The zero-order valence-corrected chi connectivity index (χ0v) is 12.8. The molecule has 0 atom stereocenters. The van der Waals surface area contributed by atoms with Crippen molar-refractivity contribution in [2.45, 2.75) is 19.9 Å². The number of benzene rings is 1. The lowest BCUT2D eigenvalue weighted by Crippen LogP contribution is -2.14. The number of fused-ring (bicyclic) bond motifs is 1. The zero-order chi connectivity index (χ0) is 14.8. The summed E-state index contributed by atoms with van der Waals surface area (Å²) in [6.07, 6.45) is 4.97. The average Bonchev–Trinajstić information content (AvgIpc) is 3.03. The number of hydrogen-bond acceptors (Lipinski definition) is 3. The average molecular weight is 283 g/mol. The van der Waals surface area contributed by atoms with Crippen molar-refractivity contribution in [3.05, 3.63) is 47.4 Å².